The third kappa shape index (κ3) is 3.29. The minimum absolute atomic E-state index is 0.0278. The van der Waals surface area contributed by atoms with E-state index in [1.54, 1.807) is 0 Å². The first-order chi connectivity index (χ1) is 9.70. The van der Waals surface area contributed by atoms with Crippen LogP contribution in [0.2, 0.25) is 0 Å². The van der Waals surface area contributed by atoms with Crippen LogP contribution >= 0.6 is 0 Å². The lowest BCUT2D eigenvalue weighted by atomic mass is 9.98. The molecule has 112 valence electrons. The largest absolute Gasteiger partial charge is 0.336 e. The Morgan fingerprint density at radius 3 is 1.33 bits per heavy atom. The maximum atomic E-state index is 2.45. The molecule has 0 aliphatic heterocycles. The molecule has 21 heavy (non-hydrogen) atoms. The summed E-state index contributed by atoms with van der Waals surface area (Å²) < 4.78 is 0. The van der Waals surface area contributed by atoms with Crippen molar-refractivity contribution in [3.8, 4) is 0 Å². The van der Waals surface area contributed by atoms with Gasteiger partial charge in [-0.2, -0.15) is 0 Å². The predicted octanol–water partition coefficient (Wildman–Crippen LogP) is 5.86. The van der Waals surface area contributed by atoms with Crippen LogP contribution in [-0.4, -0.2) is 5.54 Å². The summed E-state index contributed by atoms with van der Waals surface area (Å²) in [7, 11) is 0. The van der Waals surface area contributed by atoms with Crippen molar-refractivity contribution < 1.29 is 0 Å². The lowest BCUT2D eigenvalue weighted by molar-refractivity contribution is 0.558. The normalized spacial score (nSPS) is 11.6. The Labute approximate surface area is 129 Å². The molecular weight excluding hydrogens is 254 g/mol. The zero-order valence-corrected chi connectivity index (χ0v) is 14.4. The van der Waals surface area contributed by atoms with E-state index in [0.29, 0.717) is 0 Å². The van der Waals surface area contributed by atoms with Gasteiger partial charge in [0.25, 0.3) is 0 Å². The molecule has 0 spiro atoms. The minimum Gasteiger partial charge on any atom is -0.336 e. The fraction of sp³-hybridized carbons (Fsp3) is 0.400. The quantitative estimate of drug-likeness (QED) is 0.666. The van der Waals surface area contributed by atoms with Crippen LogP contribution in [-0.2, 0) is 0 Å². The van der Waals surface area contributed by atoms with Gasteiger partial charge < -0.3 is 4.90 Å². The molecule has 0 N–H and O–H groups in total. The Balaban J connectivity index is 2.64. The van der Waals surface area contributed by atoms with E-state index in [1.807, 2.05) is 0 Å². The van der Waals surface area contributed by atoms with E-state index in [4.69, 9.17) is 0 Å². The molecule has 0 unspecified atom stereocenters. The highest BCUT2D eigenvalue weighted by Crippen LogP contribution is 2.37. The van der Waals surface area contributed by atoms with Crippen LogP contribution in [0.15, 0.2) is 36.4 Å². The molecule has 0 atom stereocenters. The van der Waals surface area contributed by atoms with Crippen molar-refractivity contribution in [3.63, 3.8) is 0 Å². The summed E-state index contributed by atoms with van der Waals surface area (Å²) in [4.78, 5) is 2.45. The van der Waals surface area contributed by atoms with Gasteiger partial charge in [-0.05, 0) is 71.7 Å². The van der Waals surface area contributed by atoms with Crippen molar-refractivity contribution >= 4 is 11.4 Å². The van der Waals surface area contributed by atoms with Crippen molar-refractivity contribution in [3.05, 3.63) is 58.7 Å². The van der Waals surface area contributed by atoms with Crippen LogP contribution in [0, 0.1) is 27.7 Å². The molecule has 0 fully saturated rings. The van der Waals surface area contributed by atoms with E-state index in [-0.39, 0.29) is 5.54 Å². The number of nitrogens with zero attached hydrogens (tertiary/aromatic N) is 1. The molecule has 0 aromatic heterocycles. The van der Waals surface area contributed by atoms with Crippen LogP contribution in [0.4, 0.5) is 11.4 Å². The smallest absolute Gasteiger partial charge is 0.0445 e. The second-order valence-electron chi connectivity index (χ2n) is 7.09. The van der Waals surface area contributed by atoms with E-state index in [9.17, 15) is 0 Å². The maximum absolute atomic E-state index is 2.45. The SMILES string of the molecule is Cc1ccc(N(c2ccc(C)cc2C)C(C)(C)C)c(C)c1. The first kappa shape index (κ1) is 15.6. The molecule has 1 nitrogen and oxygen atoms in total. The predicted molar refractivity (Wildman–Crippen MR) is 93.7 cm³/mol. The van der Waals surface area contributed by atoms with Crippen molar-refractivity contribution in [1.29, 1.82) is 0 Å². The third-order valence-corrected chi connectivity index (χ3v) is 3.86. The molecule has 0 saturated heterocycles. The Kier molecular flexibility index (Phi) is 4.13. The second kappa shape index (κ2) is 5.55. The number of hydrogen-bond donors (Lipinski definition) is 0. The van der Waals surface area contributed by atoms with Gasteiger partial charge in [-0.15, -0.1) is 0 Å². The summed E-state index contributed by atoms with van der Waals surface area (Å²) >= 11 is 0. The van der Waals surface area contributed by atoms with Gasteiger partial charge in [-0.25, -0.2) is 0 Å². The van der Waals surface area contributed by atoms with E-state index >= 15 is 0 Å². The van der Waals surface area contributed by atoms with Crippen molar-refractivity contribution in [1.82, 2.24) is 0 Å². The van der Waals surface area contributed by atoms with E-state index in [1.165, 1.54) is 33.6 Å². The van der Waals surface area contributed by atoms with Crippen molar-refractivity contribution in [2.24, 2.45) is 0 Å². The standard InChI is InChI=1S/C20H27N/c1-14-8-10-18(16(3)12-14)21(20(5,6)7)19-11-9-15(2)13-17(19)4/h8-13H,1-7H3. The van der Waals surface area contributed by atoms with Crippen LogP contribution in [0.25, 0.3) is 0 Å². The van der Waals surface area contributed by atoms with Gasteiger partial charge in [0.2, 0.25) is 0 Å². The first-order valence-corrected chi connectivity index (χ1v) is 7.65. The Bertz CT molecular complexity index is 596. The Morgan fingerprint density at radius 1 is 0.667 bits per heavy atom. The van der Waals surface area contributed by atoms with E-state index in [2.05, 4.69) is 89.8 Å². The summed E-state index contributed by atoms with van der Waals surface area (Å²) in [5.74, 6) is 0. The van der Waals surface area contributed by atoms with Crippen molar-refractivity contribution in [2.75, 3.05) is 4.90 Å². The first-order valence-electron chi connectivity index (χ1n) is 7.65. The zero-order chi connectivity index (χ0) is 15.8. The molecule has 0 heterocycles. The molecular formula is C20H27N. The highest BCUT2D eigenvalue weighted by molar-refractivity contribution is 5.71. The van der Waals surface area contributed by atoms with Crippen LogP contribution < -0.4 is 4.90 Å². The topological polar surface area (TPSA) is 3.24 Å². The maximum Gasteiger partial charge on any atom is 0.0445 e. The molecule has 0 amide bonds. The Morgan fingerprint density at radius 2 is 1.05 bits per heavy atom. The van der Waals surface area contributed by atoms with Gasteiger partial charge >= 0.3 is 0 Å². The lowest BCUT2D eigenvalue weighted by Gasteiger charge is -2.40. The Hall–Kier alpha value is -1.76. The molecule has 0 aliphatic carbocycles. The third-order valence-electron chi connectivity index (χ3n) is 3.86. The number of rotatable bonds is 2. The molecule has 2 rings (SSSR count). The zero-order valence-electron chi connectivity index (χ0n) is 14.4. The second-order valence-corrected chi connectivity index (χ2v) is 7.09. The van der Waals surface area contributed by atoms with Crippen LogP contribution in [0.1, 0.15) is 43.0 Å². The molecule has 0 radical (unpaired) electrons. The van der Waals surface area contributed by atoms with E-state index in [0.717, 1.165) is 0 Å². The van der Waals surface area contributed by atoms with Gasteiger partial charge in [0, 0.05) is 16.9 Å². The molecule has 0 saturated carbocycles. The molecule has 2 aromatic rings. The average Bonchev–Trinajstić information content (AvgIpc) is 2.33. The van der Waals surface area contributed by atoms with Crippen molar-refractivity contribution in [2.45, 2.75) is 54.0 Å². The van der Waals surface area contributed by atoms with Gasteiger partial charge in [0.1, 0.15) is 0 Å². The highest BCUT2D eigenvalue weighted by atomic mass is 15.2. The number of aryl methyl sites for hydroxylation is 4. The summed E-state index contributed by atoms with van der Waals surface area (Å²) in [5.41, 5.74) is 7.88. The van der Waals surface area contributed by atoms with Gasteiger partial charge in [0.05, 0.1) is 0 Å². The summed E-state index contributed by atoms with van der Waals surface area (Å²) in [5, 5.41) is 0. The summed E-state index contributed by atoms with van der Waals surface area (Å²) in [6, 6.07) is 13.4. The fourth-order valence-corrected chi connectivity index (χ4v) is 2.97. The van der Waals surface area contributed by atoms with Crippen LogP contribution in [0.3, 0.4) is 0 Å². The summed E-state index contributed by atoms with van der Waals surface area (Å²) in [6.45, 7) is 15.5. The minimum atomic E-state index is 0.0278. The number of anilines is 2. The van der Waals surface area contributed by atoms with Gasteiger partial charge in [-0.3, -0.25) is 0 Å². The highest BCUT2D eigenvalue weighted by Gasteiger charge is 2.25. The van der Waals surface area contributed by atoms with Gasteiger partial charge in [-0.1, -0.05) is 35.4 Å². The molecule has 0 bridgehead atoms. The molecule has 2 aromatic carbocycles. The van der Waals surface area contributed by atoms with E-state index < -0.39 is 0 Å². The number of benzene rings is 2. The number of hydrogen-bond acceptors (Lipinski definition) is 1. The van der Waals surface area contributed by atoms with Gasteiger partial charge in [0.15, 0.2) is 0 Å². The lowest BCUT2D eigenvalue weighted by Crippen LogP contribution is -2.38. The van der Waals surface area contributed by atoms with Crippen LogP contribution in [0.5, 0.6) is 0 Å². The molecule has 1 heteroatoms. The fourth-order valence-electron chi connectivity index (χ4n) is 2.97. The monoisotopic (exact) mass is 281 g/mol. The average molecular weight is 281 g/mol. The molecule has 0 aliphatic rings. The summed E-state index contributed by atoms with van der Waals surface area (Å²) in [6.07, 6.45) is 0.